The smallest absolute Gasteiger partial charge is 0.0627 e. The summed E-state index contributed by atoms with van der Waals surface area (Å²) < 4.78 is 3.38. The van der Waals surface area contributed by atoms with Crippen LogP contribution in [0, 0.1) is 6.92 Å². The van der Waals surface area contributed by atoms with Gasteiger partial charge in [0.1, 0.15) is 0 Å². The molecule has 1 aromatic heterocycles. The molecule has 2 nitrogen and oxygen atoms in total. The summed E-state index contributed by atoms with van der Waals surface area (Å²) in [7, 11) is 2.10. The third-order valence-corrected chi connectivity index (χ3v) is 3.75. The Kier molecular flexibility index (Phi) is 3.08. The maximum Gasteiger partial charge on any atom is 0.0627 e. The van der Waals surface area contributed by atoms with Crippen LogP contribution in [0.5, 0.6) is 0 Å². The predicted molar refractivity (Wildman–Crippen MR) is 72.7 cm³/mol. The summed E-state index contributed by atoms with van der Waals surface area (Å²) in [5.41, 5.74) is 9.84. The minimum absolute atomic E-state index is 0.197. The second-order valence-electron chi connectivity index (χ2n) is 4.44. The zero-order valence-electron chi connectivity index (χ0n) is 9.92. The molecule has 2 rings (SSSR count). The van der Waals surface area contributed by atoms with Gasteiger partial charge in [-0.3, -0.25) is 0 Å². The van der Waals surface area contributed by atoms with Gasteiger partial charge in [-0.25, -0.2) is 0 Å². The molecule has 0 fully saturated rings. The van der Waals surface area contributed by atoms with Gasteiger partial charge in [-0.15, -0.1) is 0 Å². The van der Waals surface area contributed by atoms with Crippen LogP contribution in [0.1, 0.15) is 18.2 Å². The molecule has 0 spiro atoms. The number of halogens is 1. The fraction of sp³-hybridized carbons (Fsp3) is 0.385. The van der Waals surface area contributed by atoms with E-state index < -0.39 is 0 Å². The van der Waals surface area contributed by atoms with E-state index in [2.05, 4.69) is 59.6 Å². The first-order valence-corrected chi connectivity index (χ1v) is 6.29. The predicted octanol–water partition coefficient (Wildman–Crippen LogP) is 3.14. The third kappa shape index (κ3) is 1.78. The van der Waals surface area contributed by atoms with Crippen molar-refractivity contribution in [1.82, 2.24) is 4.57 Å². The highest BCUT2D eigenvalue weighted by Gasteiger charge is 2.14. The lowest BCUT2D eigenvalue weighted by Crippen LogP contribution is -2.18. The number of nitrogens with zero attached hydrogens (tertiary/aromatic N) is 1. The number of aryl methyl sites for hydroxylation is 1. The average molecular weight is 281 g/mol. The number of fused-ring (bicyclic) bond motifs is 1. The Balaban J connectivity index is 2.74. The summed E-state index contributed by atoms with van der Waals surface area (Å²) in [6.07, 6.45) is 0.930. The molecule has 1 aromatic carbocycles. The fourth-order valence-electron chi connectivity index (χ4n) is 2.24. The molecule has 0 radical (unpaired) electrons. The summed E-state index contributed by atoms with van der Waals surface area (Å²) in [6, 6.07) is 6.53. The summed E-state index contributed by atoms with van der Waals surface area (Å²) in [5, 5.41) is 1.31. The number of hydrogen-bond acceptors (Lipinski definition) is 1. The average Bonchev–Trinajstić information content (AvgIpc) is 2.44. The summed E-state index contributed by atoms with van der Waals surface area (Å²) in [6.45, 7) is 4.21. The largest absolute Gasteiger partial charge is 0.347 e. The number of benzene rings is 1. The quantitative estimate of drug-likeness (QED) is 0.900. The Morgan fingerprint density at radius 3 is 2.75 bits per heavy atom. The van der Waals surface area contributed by atoms with Crippen LogP contribution in [0.25, 0.3) is 10.9 Å². The minimum atomic E-state index is 0.197. The van der Waals surface area contributed by atoms with Crippen molar-refractivity contribution in [2.24, 2.45) is 12.8 Å². The van der Waals surface area contributed by atoms with Crippen molar-refractivity contribution in [3.63, 3.8) is 0 Å². The van der Waals surface area contributed by atoms with E-state index in [4.69, 9.17) is 5.73 Å². The Labute approximate surface area is 105 Å². The van der Waals surface area contributed by atoms with E-state index in [0.29, 0.717) is 0 Å². The van der Waals surface area contributed by atoms with Crippen LogP contribution < -0.4 is 5.73 Å². The number of aromatic nitrogens is 1. The van der Waals surface area contributed by atoms with Crippen LogP contribution in [0.2, 0.25) is 0 Å². The molecule has 0 amide bonds. The van der Waals surface area contributed by atoms with Crippen LogP contribution in [0.3, 0.4) is 0 Å². The number of rotatable bonds is 2. The van der Waals surface area contributed by atoms with Gasteiger partial charge in [-0.05, 0) is 47.8 Å². The summed E-state index contributed by atoms with van der Waals surface area (Å²) >= 11 is 3.61. The van der Waals surface area contributed by atoms with Crippen LogP contribution in [0.15, 0.2) is 22.7 Å². The Hall–Kier alpha value is -0.800. The minimum Gasteiger partial charge on any atom is -0.347 e. The maximum absolute atomic E-state index is 5.91. The molecule has 0 saturated carbocycles. The SMILES string of the molecule is Cc1c(CC(C)N)c2cccc(Br)c2n1C. The molecule has 0 saturated heterocycles. The molecule has 0 aliphatic heterocycles. The second-order valence-corrected chi connectivity index (χ2v) is 5.29. The molecular weight excluding hydrogens is 264 g/mol. The first-order valence-electron chi connectivity index (χ1n) is 5.50. The highest BCUT2D eigenvalue weighted by molar-refractivity contribution is 9.10. The van der Waals surface area contributed by atoms with Crippen molar-refractivity contribution in [2.45, 2.75) is 26.3 Å². The number of nitrogens with two attached hydrogens (primary N) is 1. The molecule has 2 aromatic rings. The van der Waals surface area contributed by atoms with E-state index in [1.54, 1.807) is 0 Å². The maximum atomic E-state index is 5.91. The molecule has 86 valence electrons. The monoisotopic (exact) mass is 280 g/mol. The van der Waals surface area contributed by atoms with E-state index in [9.17, 15) is 0 Å². The van der Waals surface area contributed by atoms with Crippen LogP contribution in [0.4, 0.5) is 0 Å². The van der Waals surface area contributed by atoms with E-state index in [1.165, 1.54) is 22.2 Å². The molecular formula is C13H17BrN2. The van der Waals surface area contributed by atoms with Crippen molar-refractivity contribution in [3.8, 4) is 0 Å². The lowest BCUT2D eigenvalue weighted by Gasteiger charge is -2.05. The lowest BCUT2D eigenvalue weighted by atomic mass is 10.0. The Morgan fingerprint density at radius 2 is 2.12 bits per heavy atom. The molecule has 1 heterocycles. The Morgan fingerprint density at radius 1 is 1.44 bits per heavy atom. The number of hydrogen-bond donors (Lipinski definition) is 1. The van der Waals surface area contributed by atoms with Crippen molar-refractivity contribution in [2.75, 3.05) is 0 Å². The molecule has 16 heavy (non-hydrogen) atoms. The second kappa shape index (κ2) is 4.22. The highest BCUT2D eigenvalue weighted by atomic mass is 79.9. The topological polar surface area (TPSA) is 30.9 Å². The van der Waals surface area contributed by atoms with Crippen LogP contribution >= 0.6 is 15.9 Å². The van der Waals surface area contributed by atoms with Gasteiger partial charge in [-0.1, -0.05) is 12.1 Å². The van der Waals surface area contributed by atoms with E-state index in [-0.39, 0.29) is 6.04 Å². The molecule has 0 aliphatic carbocycles. The van der Waals surface area contributed by atoms with Gasteiger partial charge in [0.15, 0.2) is 0 Å². The van der Waals surface area contributed by atoms with E-state index in [1.807, 2.05) is 0 Å². The summed E-state index contributed by atoms with van der Waals surface area (Å²) in [5.74, 6) is 0. The van der Waals surface area contributed by atoms with Gasteiger partial charge in [0.05, 0.1) is 5.52 Å². The zero-order valence-corrected chi connectivity index (χ0v) is 11.5. The van der Waals surface area contributed by atoms with E-state index in [0.717, 1.165) is 10.9 Å². The van der Waals surface area contributed by atoms with Gasteiger partial charge in [0.2, 0.25) is 0 Å². The highest BCUT2D eigenvalue weighted by Crippen LogP contribution is 2.31. The van der Waals surface area contributed by atoms with Crippen molar-refractivity contribution in [1.29, 1.82) is 0 Å². The summed E-state index contributed by atoms with van der Waals surface area (Å²) in [4.78, 5) is 0. The van der Waals surface area contributed by atoms with Gasteiger partial charge >= 0.3 is 0 Å². The molecule has 3 heteroatoms. The standard InChI is InChI=1S/C13H17BrN2/c1-8(15)7-11-9(2)16(3)13-10(11)5-4-6-12(13)14/h4-6,8H,7,15H2,1-3H3. The number of para-hydroxylation sites is 1. The van der Waals surface area contributed by atoms with E-state index >= 15 is 0 Å². The fourth-order valence-corrected chi connectivity index (χ4v) is 2.88. The normalized spacial score (nSPS) is 13.3. The first kappa shape index (κ1) is 11.7. The first-order chi connectivity index (χ1) is 7.52. The van der Waals surface area contributed by atoms with Crippen molar-refractivity contribution >= 4 is 26.8 Å². The molecule has 0 bridgehead atoms. The molecule has 1 unspecified atom stereocenters. The van der Waals surface area contributed by atoms with Gasteiger partial charge in [0.25, 0.3) is 0 Å². The van der Waals surface area contributed by atoms with Gasteiger partial charge < -0.3 is 10.3 Å². The molecule has 1 atom stereocenters. The lowest BCUT2D eigenvalue weighted by molar-refractivity contribution is 0.732. The van der Waals surface area contributed by atoms with Gasteiger partial charge in [-0.2, -0.15) is 0 Å². The van der Waals surface area contributed by atoms with Crippen molar-refractivity contribution < 1.29 is 0 Å². The zero-order chi connectivity index (χ0) is 11.9. The molecule has 2 N–H and O–H groups in total. The van der Waals surface area contributed by atoms with Gasteiger partial charge in [0, 0.05) is 28.6 Å². The van der Waals surface area contributed by atoms with Crippen molar-refractivity contribution in [3.05, 3.63) is 33.9 Å². The van der Waals surface area contributed by atoms with Crippen LogP contribution in [-0.4, -0.2) is 10.6 Å². The molecule has 0 aliphatic rings. The Bertz CT molecular complexity index is 526. The van der Waals surface area contributed by atoms with Crippen LogP contribution in [-0.2, 0) is 13.5 Å². The third-order valence-electron chi connectivity index (χ3n) is 3.11.